The van der Waals surface area contributed by atoms with Gasteiger partial charge < -0.3 is 32.1 Å². The van der Waals surface area contributed by atoms with Crippen LogP contribution in [0.5, 0.6) is 0 Å². The fraction of sp³-hybridized carbons (Fsp3) is 0.0556. The number of H-pyrrole nitrogens is 2. The van der Waals surface area contributed by atoms with Crippen LogP contribution in [0, 0.1) is 0 Å². The van der Waals surface area contributed by atoms with Crippen LogP contribution in [0.15, 0.2) is 63.8 Å². The second kappa shape index (κ2) is 7.09. The highest BCUT2D eigenvalue weighted by Gasteiger charge is 2.06. The molecule has 2 heterocycles. The highest BCUT2D eigenvalue weighted by atomic mass is 35.5. The molecule has 0 fully saturated rings. The Kier molecular flexibility index (Phi) is 4.88. The summed E-state index contributed by atoms with van der Waals surface area (Å²) >= 11 is 6.01. The van der Waals surface area contributed by atoms with Crippen molar-refractivity contribution in [3.8, 4) is 11.3 Å². The molecule has 0 aliphatic heterocycles. The summed E-state index contributed by atoms with van der Waals surface area (Å²) in [5.41, 5.74) is 3.19. The average Bonchev–Trinajstić information content (AvgIpc) is 3.18. The monoisotopic (exact) mass is 374 g/mol. The lowest BCUT2D eigenvalue weighted by atomic mass is 10.2. The first-order valence-corrected chi connectivity index (χ1v) is 7.86. The van der Waals surface area contributed by atoms with Gasteiger partial charge in [0.1, 0.15) is 11.5 Å². The first kappa shape index (κ1) is 17.2. The molecule has 0 saturated carbocycles. The molecule has 3 N–H and O–H groups in total. The molecule has 2 aromatic carbocycles. The predicted molar refractivity (Wildman–Crippen MR) is 95.4 cm³/mol. The van der Waals surface area contributed by atoms with E-state index in [4.69, 9.17) is 16.0 Å². The van der Waals surface area contributed by atoms with Crippen LogP contribution in [-0.4, -0.2) is 9.97 Å². The molecule has 0 amide bonds. The number of fused-ring (bicyclic) bond motifs is 1. The molecule has 0 radical (unpaired) electrons. The Hall–Kier alpha value is -2.63. The molecule has 0 aliphatic carbocycles. The fourth-order valence-electron chi connectivity index (χ4n) is 2.60. The maximum atomic E-state index is 11.3. The maximum absolute atomic E-state index is 11.3. The van der Waals surface area contributed by atoms with Gasteiger partial charge >= 0.3 is 5.69 Å². The van der Waals surface area contributed by atoms with Gasteiger partial charge in [-0.2, -0.15) is 0 Å². The Morgan fingerprint density at radius 2 is 1.84 bits per heavy atom. The van der Waals surface area contributed by atoms with Crippen LogP contribution in [0.3, 0.4) is 0 Å². The molecule has 0 saturated heterocycles. The second-order valence-electron chi connectivity index (χ2n) is 5.47. The number of hydrogen-bond donors (Lipinski definition) is 3. The minimum Gasteiger partial charge on any atom is -1.00 e. The van der Waals surface area contributed by atoms with Crippen LogP contribution in [0.4, 0.5) is 5.69 Å². The molecule has 25 heavy (non-hydrogen) atoms. The summed E-state index contributed by atoms with van der Waals surface area (Å²) in [6, 6.07) is 17.1. The topological polar surface area (TPSA) is 73.8 Å². The third-order valence-corrected chi connectivity index (χ3v) is 3.99. The van der Waals surface area contributed by atoms with Gasteiger partial charge in [0.2, 0.25) is 0 Å². The molecule has 0 bridgehead atoms. The van der Waals surface area contributed by atoms with Gasteiger partial charge in [0, 0.05) is 16.3 Å². The van der Waals surface area contributed by atoms with Gasteiger partial charge in [-0.25, -0.2) is 4.79 Å². The summed E-state index contributed by atoms with van der Waals surface area (Å²) < 4.78 is 5.85. The lowest BCUT2D eigenvalue weighted by Crippen LogP contribution is -3.00. The number of benzene rings is 2. The first-order chi connectivity index (χ1) is 11.7. The summed E-state index contributed by atoms with van der Waals surface area (Å²) in [6.45, 7) is 0.542. The van der Waals surface area contributed by atoms with Crippen molar-refractivity contribution < 1.29 is 16.8 Å². The predicted octanol–water partition coefficient (Wildman–Crippen LogP) is 1.39. The molecule has 2 aromatic heterocycles. The molecule has 4 rings (SSSR count). The van der Waals surface area contributed by atoms with Crippen molar-refractivity contribution in [2.24, 2.45) is 0 Å². The molecule has 0 atom stereocenters. The number of aromatic amines is 2. The molecule has 5 nitrogen and oxygen atoms in total. The lowest BCUT2D eigenvalue weighted by molar-refractivity contribution is -0.00000538. The largest absolute Gasteiger partial charge is 1.00 e. The van der Waals surface area contributed by atoms with Crippen LogP contribution in [-0.2, 0) is 6.54 Å². The minimum atomic E-state index is -0.209. The van der Waals surface area contributed by atoms with Gasteiger partial charge in [-0.1, -0.05) is 23.7 Å². The Labute approximate surface area is 154 Å². The van der Waals surface area contributed by atoms with E-state index in [9.17, 15) is 4.79 Å². The Bertz CT molecular complexity index is 1070. The summed E-state index contributed by atoms with van der Waals surface area (Å²) in [4.78, 5) is 16.7. The van der Waals surface area contributed by atoms with Gasteiger partial charge in [0.05, 0.1) is 17.6 Å². The maximum Gasteiger partial charge on any atom is 0.323 e. The molecule has 7 heteroatoms. The van der Waals surface area contributed by atoms with Gasteiger partial charge in [0.15, 0.2) is 0 Å². The van der Waals surface area contributed by atoms with E-state index in [0.717, 1.165) is 33.8 Å². The van der Waals surface area contributed by atoms with Crippen molar-refractivity contribution in [3.63, 3.8) is 0 Å². The van der Waals surface area contributed by atoms with E-state index < -0.39 is 0 Å². The highest BCUT2D eigenvalue weighted by Crippen LogP contribution is 2.25. The third kappa shape index (κ3) is 3.73. The highest BCUT2D eigenvalue weighted by molar-refractivity contribution is 6.30. The quantitative estimate of drug-likeness (QED) is 0.505. The van der Waals surface area contributed by atoms with Gasteiger partial charge in [-0.05, 0) is 42.5 Å². The van der Waals surface area contributed by atoms with Crippen molar-refractivity contribution in [1.82, 2.24) is 9.97 Å². The van der Waals surface area contributed by atoms with Crippen molar-refractivity contribution >= 4 is 28.3 Å². The number of aromatic nitrogens is 2. The smallest absolute Gasteiger partial charge is 0.323 e. The molecule has 0 unspecified atom stereocenters. The molecule has 0 aliphatic rings. The number of rotatable bonds is 4. The van der Waals surface area contributed by atoms with Crippen LogP contribution in [0.1, 0.15) is 5.76 Å². The fourth-order valence-corrected chi connectivity index (χ4v) is 2.79. The van der Waals surface area contributed by atoms with Gasteiger partial charge in [-0.3, -0.25) is 0 Å². The number of furan rings is 1. The zero-order chi connectivity index (χ0) is 16.5. The van der Waals surface area contributed by atoms with E-state index in [1.54, 1.807) is 0 Å². The molecular formula is C18H14Cl2N3O2-. The molecule has 128 valence electrons. The molecular weight excluding hydrogens is 361 g/mol. The van der Waals surface area contributed by atoms with E-state index in [1.807, 2.05) is 54.6 Å². The second-order valence-corrected chi connectivity index (χ2v) is 5.91. The Morgan fingerprint density at radius 1 is 1.00 bits per heavy atom. The Balaban J connectivity index is 0.00000182. The summed E-state index contributed by atoms with van der Waals surface area (Å²) in [6.07, 6.45) is 0. The van der Waals surface area contributed by atoms with Crippen LogP contribution in [0.2, 0.25) is 5.02 Å². The zero-order valence-corrected chi connectivity index (χ0v) is 14.5. The van der Waals surface area contributed by atoms with E-state index in [1.165, 1.54) is 0 Å². The van der Waals surface area contributed by atoms with Crippen molar-refractivity contribution in [2.75, 3.05) is 5.32 Å². The third-order valence-electron chi connectivity index (χ3n) is 3.75. The average molecular weight is 375 g/mol. The molecule has 4 aromatic rings. The van der Waals surface area contributed by atoms with Crippen LogP contribution >= 0.6 is 11.6 Å². The number of halogens is 2. The first-order valence-electron chi connectivity index (χ1n) is 7.48. The standard InChI is InChI=1S/C18H14ClN3O2.ClH/c19-12-3-1-2-11(8-12)17-7-5-14(24-17)10-20-13-4-6-15-16(9-13)22-18(23)21-15;/h1-9,20H,10H2,(H2,21,22,23);1H/p-1. The Morgan fingerprint density at radius 3 is 2.68 bits per heavy atom. The van der Waals surface area contributed by atoms with Crippen molar-refractivity contribution in [3.05, 3.63) is 75.9 Å². The van der Waals surface area contributed by atoms with Crippen LogP contribution < -0.4 is 23.4 Å². The summed E-state index contributed by atoms with van der Waals surface area (Å²) in [7, 11) is 0. The SMILES string of the molecule is O=c1[nH]c2ccc(NCc3ccc(-c4cccc(Cl)c4)o3)cc2[nH]1.[Cl-]. The van der Waals surface area contributed by atoms with E-state index in [0.29, 0.717) is 11.6 Å². The number of nitrogens with one attached hydrogen (secondary N) is 3. The van der Waals surface area contributed by atoms with E-state index in [2.05, 4.69) is 15.3 Å². The van der Waals surface area contributed by atoms with Crippen molar-refractivity contribution in [1.29, 1.82) is 0 Å². The van der Waals surface area contributed by atoms with E-state index >= 15 is 0 Å². The lowest BCUT2D eigenvalue weighted by Gasteiger charge is -2.04. The minimum absolute atomic E-state index is 0. The number of hydrogen-bond acceptors (Lipinski definition) is 3. The molecule has 0 spiro atoms. The van der Waals surface area contributed by atoms with Crippen molar-refractivity contribution in [2.45, 2.75) is 6.54 Å². The van der Waals surface area contributed by atoms with Gasteiger partial charge in [-0.15, -0.1) is 0 Å². The van der Waals surface area contributed by atoms with E-state index in [-0.39, 0.29) is 18.1 Å². The number of imidazole rings is 1. The number of anilines is 1. The van der Waals surface area contributed by atoms with Crippen LogP contribution in [0.25, 0.3) is 22.4 Å². The zero-order valence-electron chi connectivity index (χ0n) is 13.0. The van der Waals surface area contributed by atoms with Gasteiger partial charge in [0.25, 0.3) is 0 Å². The normalized spacial score (nSPS) is 10.6. The summed E-state index contributed by atoms with van der Waals surface area (Å²) in [5.74, 6) is 1.59. The summed E-state index contributed by atoms with van der Waals surface area (Å²) in [5, 5.41) is 3.96.